The summed E-state index contributed by atoms with van der Waals surface area (Å²) in [6, 6.07) is 2.90. The number of hydrogen-bond donors (Lipinski definition) is 1. The van der Waals surface area contributed by atoms with Crippen LogP contribution in [-0.4, -0.2) is 71.3 Å². The number of rotatable bonds is 6. The summed E-state index contributed by atoms with van der Waals surface area (Å²) >= 11 is 1.15. The second kappa shape index (κ2) is 9.29. The zero-order valence-corrected chi connectivity index (χ0v) is 20.2. The first-order valence-corrected chi connectivity index (χ1v) is 12.8. The Balaban J connectivity index is 1.53. The molecule has 4 heterocycles. The van der Waals surface area contributed by atoms with Gasteiger partial charge in [0.25, 0.3) is 5.56 Å². The maximum absolute atomic E-state index is 12.8. The van der Waals surface area contributed by atoms with Crippen LogP contribution < -0.4 is 5.56 Å². The lowest BCUT2D eigenvalue weighted by Crippen LogP contribution is -2.49. The van der Waals surface area contributed by atoms with E-state index >= 15 is 0 Å². The van der Waals surface area contributed by atoms with Gasteiger partial charge in [0.15, 0.2) is 0 Å². The summed E-state index contributed by atoms with van der Waals surface area (Å²) in [4.78, 5) is 39.5. The molecule has 0 aliphatic carbocycles. The van der Waals surface area contributed by atoms with E-state index in [4.69, 9.17) is 4.74 Å². The zero-order chi connectivity index (χ0) is 23.8. The Morgan fingerprint density at radius 1 is 1.30 bits per heavy atom. The third-order valence-corrected chi connectivity index (χ3v) is 8.82. The Hall–Kier alpha value is -2.67. The fourth-order valence-electron chi connectivity index (χ4n) is 3.90. The van der Waals surface area contributed by atoms with Gasteiger partial charge < -0.3 is 9.72 Å². The van der Waals surface area contributed by atoms with Crippen LogP contribution in [0.2, 0.25) is 0 Å². The first-order chi connectivity index (χ1) is 15.7. The van der Waals surface area contributed by atoms with Gasteiger partial charge in [0.1, 0.15) is 20.4 Å². The summed E-state index contributed by atoms with van der Waals surface area (Å²) in [7, 11) is -3.60. The van der Waals surface area contributed by atoms with Crippen molar-refractivity contribution in [3.8, 4) is 0 Å². The smallest absolute Gasteiger partial charge is 0.348 e. The van der Waals surface area contributed by atoms with E-state index in [9.17, 15) is 18.0 Å². The second-order valence-electron chi connectivity index (χ2n) is 7.71. The molecule has 1 fully saturated rings. The molecule has 33 heavy (non-hydrogen) atoms. The zero-order valence-electron chi connectivity index (χ0n) is 18.6. The maximum atomic E-state index is 12.8. The van der Waals surface area contributed by atoms with Crippen LogP contribution in [0.4, 0.5) is 0 Å². The van der Waals surface area contributed by atoms with Gasteiger partial charge in [0.05, 0.1) is 18.0 Å². The fourth-order valence-corrected chi connectivity index (χ4v) is 6.37. The molecule has 1 atom stereocenters. The first kappa shape index (κ1) is 23.5. The monoisotopic (exact) mass is 491 g/mol. The molecular formula is C21H25N5O5S2. The third kappa shape index (κ3) is 4.43. The van der Waals surface area contributed by atoms with Gasteiger partial charge in [-0.05, 0) is 38.5 Å². The number of fused-ring (bicyclic) bond motifs is 1. The molecule has 0 aromatic carbocycles. The van der Waals surface area contributed by atoms with Crippen LogP contribution in [0.25, 0.3) is 10.2 Å². The number of nitrogens with one attached hydrogen (secondary N) is 1. The highest BCUT2D eigenvalue weighted by molar-refractivity contribution is 7.89. The van der Waals surface area contributed by atoms with Gasteiger partial charge in [-0.2, -0.15) is 4.31 Å². The summed E-state index contributed by atoms with van der Waals surface area (Å²) in [6.45, 7) is 7.22. The van der Waals surface area contributed by atoms with Crippen LogP contribution in [0.15, 0.2) is 34.2 Å². The molecule has 1 saturated heterocycles. The van der Waals surface area contributed by atoms with E-state index in [-0.39, 0.29) is 23.1 Å². The van der Waals surface area contributed by atoms with E-state index in [1.54, 1.807) is 19.9 Å². The van der Waals surface area contributed by atoms with Crippen molar-refractivity contribution in [3.05, 3.63) is 51.1 Å². The van der Waals surface area contributed by atoms with E-state index in [2.05, 4.69) is 19.9 Å². The Bertz CT molecular complexity index is 1330. The molecule has 12 heteroatoms. The maximum Gasteiger partial charge on any atom is 0.348 e. The number of thiophene rings is 1. The Kier molecular flexibility index (Phi) is 6.61. The molecule has 0 saturated carbocycles. The number of pyridine rings is 1. The van der Waals surface area contributed by atoms with Gasteiger partial charge in [-0.25, -0.2) is 18.2 Å². The first-order valence-electron chi connectivity index (χ1n) is 10.6. The van der Waals surface area contributed by atoms with Crippen LogP contribution in [-0.2, 0) is 14.8 Å². The largest absolute Gasteiger partial charge is 0.462 e. The van der Waals surface area contributed by atoms with Crippen molar-refractivity contribution in [1.29, 1.82) is 0 Å². The molecule has 176 valence electrons. The van der Waals surface area contributed by atoms with Gasteiger partial charge >= 0.3 is 5.97 Å². The van der Waals surface area contributed by atoms with Gasteiger partial charge in [-0.15, -0.1) is 11.3 Å². The highest BCUT2D eigenvalue weighted by Crippen LogP contribution is 2.29. The van der Waals surface area contributed by atoms with Crippen LogP contribution in [0.5, 0.6) is 0 Å². The highest BCUT2D eigenvalue weighted by atomic mass is 32.2. The number of ether oxygens (including phenoxy) is 1. The van der Waals surface area contributed by atoms with E-state index in [0.717, 1.165) is 11.3 Å². The summed E-state index contributed by atoms with van der Waals surface area (Å²) in [5, 5.41) is 0.395. The lowest BCUT2D eigenvalue weighted by molar-refractivity contribution is 0.0531. The number of H-pyrrole nitrogens is 1. The number of esters is 1. The number of aromatic amines is 1. The minimum absolute atomic E-state index is 0.174. The predicted octanol–water partition coefficient (Wildman–Crippen LogP) is 1.93. The normalized spacial score (nSPS) is 16.7. The van der Waals surface area contributed by atoms with Crippen molar-refractivity contribution in [3.63, 3.8) is 0 Å². The Morgan fingerprint density at radius 2 is 2.03 bits per heavy atom. The molecule has 1 aliphatic rings. The average molecular weight is 492 g/mol. The molecule has 4 rings (SSSR count). The molecule has 1 N–H and O–H groups in total. The molecule has 0 bridgehead atoms. The predicted molar refractivity (Wildman–Crippen MR) is 124 cm³/mol. The van der Waals surface area contributed by atoms with Gasteiger partial charge in [-0.1, -0.05) is 0 Å². The van der Waals surface area contributed by atoms with Crippen LogP contribution >= 0.6 is 11.3 Å². The van der Waals surface area contributed by atoms with Crippen molar-refractivity contribution in [1.82, 2.24) is 24.2 Å². The number of carbonyl (C=O) groups excluding carboxylic acids is 1. The second-order valence-corrected chi connectivity index (χ2v) is 10.6. The van der Waals surface area contributed by atoms with E-state index < -0.39 is 16.0 Å². The minimum Gasteiger partial charge on any atom is -0.462 e. The molecule has 3 aromatic heterocycles. The van der Waals surface area contributed by atoms with Crippen molar-refractivity contribution in [2.45, 2.75) is 31.7 Å². The molecule has 0 amide bonds. The Labute approximate surface area is 195 Å². The number of hydrogen-bond acceptors (Lipinski definition) is 9. The van der Waals surface area contributed by atoms with E-state index in [0.29, 0.717) is 52.7 Å². The van der Waals surface area contributed by atoms with Crippen LogP contribution in [0.1, 0.15) is 40.9 Å². The number of aryl methyl sites for hydroxylation is 1. The number of aromatic nitrogens is 3. The number of sulfonamides is 1. The van der Waals surface area contributed by atoms with Crippen LogP contribution in [0.3, 0.4) is 0 Å². The van der Waals surface area contributed by atoms with Crippen LogP contribution in [0, 0.1) is 6.92 Å². The van der Waals surface area contributed by atoms with Crippen molar-refractivity contribution in [2.24, 2.45) is 0 Å². The molecule has 10 nitrogen and oxygen atoms in total. The summed E-state index contributed by atoms with van der Waals surface area (Å²) in [5.41, 5.74) is 0.263. The molecular weight excluding hydrogens is 466 g/mol. The van der Waals surface area contributed by atoms with Gasteiger partial charge in [0.2, 0.25) is 10.0 Å². The Morgan fingerprint density at radius 3 is 2.67 bits per heavy atom. The van der Waals surface area contributed by atoms with E-state index in [1.165, 1.54) is 22.8 Å². The standard InChI is InChI=1S/C21H25N5O5S2/c1-4-31-21(28)17-13(2)16-19(27)23-18(24-20(16)32-17)14(3)25-8-10-26(11-9-25)33(29,30)15-6-5-7-22-12-15/h5-7,12,14H,4,8-11H2,1-3H3,(H,23,24,27)/t14-/m1/s1. The van der Waals surface area contributed by atoms with Crippen molar-refractivity contribution >= 4 is 37.5 Å². The minimum atomic E-state index is -3.60. The summed E-state index contributed by atoms with van der Waals surface area (Å²) < 4.78 is 32.2. The molecule has 3 aromatic rings. The molecule has 0 radical (unpaired) electrons. The SMILES string of the molecule is CCOC(=O)c1sc2nc([C@@H](C)N3CCN(S(=O)(=O)c4cccnc4)CC3)[nH]c(=O)c2c1C. The topological polar surface area (TPSA) is 126 Å². The quantitative estimate of drug-likeness (QED) is 0.519. The summed E-state index contributed by atoms with van der Waals surface area (Å²) in [6.07, 6.45) is 2.88. The van der Waals surface area contributed by atoms with Crippen molar-refractivity contribution in [2.75, 3.05) is 32.8 Å². The number of nitrogens with zero attached hydrogens (tertiary/aromatic N) is 4. The van der Waals surface area contributed by atoms with Crippen molar-refractivity contribution < 1.29 is 17.9 Å². The van der Waals surface area contributed by atoms with Gasteiger partial charge in [0, 0.05) is 38.6 Å². The molecule has 0 spiro atoms. The molecule has 0 unspecified atom stereocenters. The van der Waals surface area contributed by atoms with E-state index in [1.807, 2.05) is 6.92 Å². The number of piperazine rings is 1. The number of carbonyl (C=O) groups is 1. The fraction of sp³-hybridized carbons (Fsp3) is 0.429. The lowest BCUT2D eigenvalue weighted by atomic mass is 10.2. The molecule has 1 aliphatic heterocycles. The highest BCUT2D eigenvalue weighted by Gasteiger charge is 2.31. The lowest BCUT2D eigenvalue weighted by Gasteiger charge is -2.36. The average Bonchev–Trinajstić information content (AvgIpc) is 3.16. The third-order valence-electron chi connectivity index (χ3n) is 5.77. The summed E-state index contributed by atoms with van der Waals surface area (Å²) in [5.74, 6) is 0.0191. The van der Waals surface area contributed by atoms with Gasteiger partial charge in [-0.3, -0.25) is 14.7 Å².